The molecule has 21 heavy (non-hydrogen) atoms. The normalized spacial score (nSPS) is 15.8. The number of amides is 1. The predicted octanol–water partition coefficient (Wildman–Crippen LogP) is 1.78. The molecule has 8 nitrogen and oxygen atoms in total. The third kappa shape index (κ3) is 1.88. The summed E-state index contributed by atoms with van der Waals surface area (Å²) in [5.74, 6) is 1.05. The summed E-state index contributed by atoms with van der Waals surface area (Å²) in [5.41, 5.74) is 2.53. The van der Waals surface area contributed by atoms with Gasteiger partial charge >= 0.3 is 0 Å². The minimum absolute atomic E-state index is 0.154. The zero-order valence-corrected chi connectivity index (χ0v) is 11.2. The smallest absolute Gasteiger partial charge is 0.275 e. The van der Waals surface area contributed by atoms with Crippen LogP contribution < -0.4 is 15.6 Å². The van der Waals surface area contributed by atoms with Crippen LogP contribution in [0.3, 0.4) is 0 Å². The first-order valence-electron chi connectivity index (χ1n) is 6.45. The fraction of sp³-hybridized carbons (Fsp3) is 0.154. The van der Waals surface area contributed by atoms with E-state index in [2.05, 4.69) is 30.9 Å². The quantitative estimate of drug-likeness (QED) is 0.706. The zero-order valence-electron chi connectivity index (χ0n) is 11.2. The fourth-order valence-electron chi connectivity index (χ4n) is 2.25. The summed E-state index contributed by atoms with van der Waals surface area (Å²) in [6, 6.07) is 7.70. The van der Waals surface area contributed by atoms with Gasteiger partial charge in [-0.2, -0.15) is 15.1 Å². The first-order chi connectivity index (χ1) is 10.2. The summed E-state index contributed by atoms with van der Waals surface area (Å²) in [7, 11) is 0. The van der Waals surface area contributed by atoms with E-state index in [0.29, 0.717) is 11.6 Å². The molecular weight excluding hydrogens is 270 g/mol. The van der Waals surface area contributed by atoms with Crippen molar-refractivity contribution >= 4 is 40.6 Å². The highest BCUT2D eigenvalue weighted by atomic mass is 16.2. The molecule has 0 saturated heterocycles. The van der Waals surface area contributed by atoms with Crippen LogP contribution in [0, 0.1) is 0 Å². The van der Waals surface area contributed by atoms with Gasteiger partial charge in [0.15, 0.2) is 11.6 Å². The number of hydrogen-bond donors (Lipinski definition) is 2. The number of carbonyl (C=O) groups is 1. The Morgan fingerprint density at radius 3 is 2.48 bits per heavy atom. The van der Waals surface area contributed by atoms with Gasteiger partial charge in [0, 0.05) is 5.71 Å². The SMILES string of the molecule is CC1=NN(c2nnc3c(n2)Nc2ccccc2N3)C(=O)C1. The molecule has 8 heteroatoms. The molecule has 1 amide bonds. The summed E-state index contributed by atoms with van der Waals surface area (Å²) in [6.45, 7) is 1.79. The van der Waals surface area contributed by atoms with Crippen molar-refractivity contribution in [2.45, 2.75) is 13.3 Å². The molecule has 2 N–H and O–H groups in total. The monoisotopic (exact) mass is 281 g/mol. The second kappa shape index (κ2) is 4.23. The third-order valence-electron chi connectivity index (χ3n) is 3.21. The lowest BCUT2D eigenvalue weighted by atomic mass is 10.2. The number of fused-ring (bicyclic) bond motifs is 2. The van der Waals surface area contributed by atoms with Crippen LogP contribution in [-0.2, 0) is 4.79 Å². The number of carbonyl (C=O) groups excluding carboxylic acids is 1. The van der Waals surface area contributed by atoms with E-state index in [1.807, 2.05) is 24.3 Å². The number of hydrazone groups is 1. The number of aromatic nitrogens is 3. The lowest BCUT2D eigenvalue weighted by molar-refractivity contribution is -0.117. The molecule has 0 unspecified atom stereocenters. The summed E-state index contributed by atoms with van der Waals surface area (Å²) in [6.07, 6.45) is 0.287. The molecule has 0 fully saturated rings. The molecule has 2 aliphatic heterocycles. The van der Waals surface area contributed by atoms with Crippen LogP contribution in [-0.4, -0.2) is 26.8 Å². The number of nitrogens with zero attached hydrogens (tertiary/aromatic N) is 5. The van der Waals surface area contributed by atoms with Gasteiger partial charge in [0.25, 0.3) is 11.9 Å². The van der Waals surface area contributed by atoms with Gasteiger partial charge in [-0.3, -0.25) is 4.79 Å². The van der Waals surface area contributed by atoms with E-state index in [1.165, 1.54) is 5.01 Å². The Kier molecular flexibility index (Phi) is 2.37. The van der Waals surface area contributed by atoms with Crippen molar-refractivity contribution in [3.05, 3.63) is 24.3 Å². The molecule has 1 aromatic carbocycles. The van der Waals surface area contributed by atoms with E-state index in [1.54, 1.807) is 6.92 Å². The topological polar surface area (TPSA) is 95.4 Å². The molecule has 0 atom stereocenters. The van der Waals surface area contributed by atoms with Crippen LogP contribution >= 0.6 is 0 Å². The van der Waals surface area contributed by atoms with E-state index in [-0.39, 0.29) is 18.3 Å². The van der Waals surface area contributed by atoms with Gasteiger partial charge in [-0.25, -0.2) is 0 Å². The molecule has 0 saturated carbocycles. The summed E-state index contributed by atoms with van der Waals surface area (Å²) in [5, 5.41) is 19.7. The first kappa shape index (κ1) is 11.8. The van der Waals surface area contributed by atoms with Gasteiger partial charge < -0.3 is 10.6 Å². The standard InChI is InChI=1S/C13H11N7O/c1-7-6-10(21)20(19-7)13-16-11-12(17-18-13)15-9-5-3-2-4-8(9)14-11/h2-5H,6H2,1H3,(H,15,17)(H,14,16,18). The molecule has 104 valence electrons. The minimum atomic E-state index is -0.154. The van der Waals surface area contributed by atoms with Gasteiger partial charge in [-0.1, -0.05) is 12.1 Å². The molecule has 2 aliphatic rings. The number of hydrogen-bond acceptors (Lipinski definition) is 7. The lowest BCUT2D eigenvalue weighted by Gasteiger charge is -2.21. The Bertz CT molecular complexity index is 786. The Labute approximate surface area is 119 Å². The highest BCUT2D eigenvalue weighted by molar-refractivity contribution is 6.11. The van der Waals surface area contributed by atoms with Crippen LogP contribution in [0.5, 0.6) is 0 Å². The largest absolute Gasteiger partial charge is 0.335 e. The minimum Gasteiger partial charge on any atom is -0.335 e. The van der Waals surface area contributed by atoms with Gasteiger partial charge in [0.2, 0.25) is 0 Å². The third-order valence-corrected chi connectivity index (χ3v) is 3.21. The summed E-state index contributed by atoms with van der Waals surface area (Å²) >= 11 is 0. The maximum Gasteiger partial charge on any atom is 0.275 e. The zero-order chi connectivity index (χ0) is 14.4. The number of benzene rings is 1. The van der Waals surface area contributed by atoms with Gasteiger partial charge in [0.05, 0.1) is 17.8 Å². The Hall–Kier alpha value is -3.03. The number of rotatable bonds is 1. The van der Waals surface area contributed by atoms with Crippen LogP contribution in [0.4, 0.5) is 29.0 Å². The summed E-state index contributed by atoms with van der Waals surface area (Å²) in [4.78, 5) is 16.1. The number of para-hydroxylation sites is 2. The van der Waals surface area contributed by atoms with Gasteiger partial charge in [-0.15, -0.1) is 10.2 Å². The molecule has 0 spiro atoms. The summed E-state index contributed by atoms with van der Waals surface area (Å²) < 4.78 is 0. The average Bonchev–Trinajstić information content (AvgIpc) is 2.83. The van der Waals surface area contributed by atoms with Crippen LogP contribution in [0.2, 0.25) is 0 Å². The maximum atomic E-state index is 11.8. The Balaban J connectivity index is 1.72. The number of nitrogens with one attached hydrogen (secondary N) is 2. The van der Waals surface area contributed by atoms with E-state index < -0.39 is 0 Å². The first-order valence-corrected chi connectivity index (χ1v) is 6.45. The van der Waals surface area contributed by atoms with E-state index >= 15 is 0 Å². The molecule has 1 aromatic heterocycles. The predicted molar refractivity (Wildman–Crippen MR) is 78.0 cm³/mol. The lowest BCUT2D eigenvalue weighted by Crippen LogP contribution is -2.23. The van der Waals surface area contributed by atoms with Crippen molar-refractivity contribution in [1.29, 1.82) is 0 Å². The maximum absolute atomic E-state index is 11.8. The van der Waals surface area contributed by atoms with Crippen molar-refractivity contribution < 1.29 is 4.79 Å². The van der Waals surface area contributed by atoms with E-state index in [0.717, 1.165) is 17.1 Å². The van der Waals surface area contributed by atoms with Crippen molar-refractivity contribution in [3.8, 4) is 0 Å². The molecule has 0 bridgehead atoms. The van der Waals surface area contributed by atoms with Crippen molar-refractivity contribution in [2.75, 3.05) is 15.6 Å². The van der Waals surface area contributed by atoms with Gasteiger partial charge in [0.1, 0.15) is 0 Å². The number of anilines is 5. The molecule has 0 radical (unpaired) electrons. The molecule has 0 aliphatic carbocycles. The van der Waals surface area contributed by atoms with Gasteiger partial charge in [-0.05, 0) is 19.1 Å². The van der Waals surface area contributed by atoms with Crippen LogP contribution in [0.1, 0.15) is 13.3 Å². The Morgan fingerprint density at radius 1 is 1.10 bits per heavy atom. The fourth-order valence-corrected chi connectivity index (χ4v) is 2.25. The highest BCUT2D eigenvalue weighted by Gasteiger charge is 2.27. The van der Waals surface area contributed by atoms with E-state index in [9.17, 15) is 4.79 Å². The second-order valence-electron chi connectivity index (χ2n) is 4.82. The molecule has 4 rings (SSSR count). The molecule has 2 aromatic rings. The average molecular weight is 281 g/mol. The molecule has 3 heterocycles. The highest BCUT2D eigenvalue weighted by Crippen LogP contribution is 2.35. The van der Waals surface area contributed by atoms with Crippen molar-refractivity contribution in [2.24, 2.45) is 5.10 Å². The molecular formula is C13H11N7O. The van der Waals surface area contributed by atoms with Crippen molar-refractivity contribution in [3.63, 3.8) is 0 Å². The Morgan fingerprint density at radius 2 is 1.81 bits per heavy atom. The van der Waals surface area contributed by atoms with Crippen molar-refractivity contribution in [1.82, 2.24) is 15.2 Å². The van der Waals surface area contributed by atoms with Crippen LogP contribution in [0.15, 0.2) is 29.4 Å². The van der Waals surface area contributed by atoms with E-state index in [4.69, 9.17) is 0 Å². The van der Waals surface area contributed by atoms with Crippen LogP contribution in [0.25, 0.3) is 0 Å². The second-order valence-corrected chi connectivity index (χ2v) is 4.82.